The highest BCUT2D eigenvalue weighted by Crippen LogP contribution is 2.35. The van der Waals surface area contributed by atoms with Crippen LogP contribution in [0, 0.1) is 5.41 Å². The zero-order valence-electron chi connectivity index (χ0n) is 16.3. The van der Waals surface area contributed by atoms with Crippen LogP contribution in [0.15, 0.2) is 30.3 Å². The summed E-state index contributed by atoms with van der Waals surface area (Å²) >= 11 is 3.45. The average molecular weight is 413 g/mol. The maximum Gasteiger partial charge on any atom is 0.322 e. The predicted molar refractivity (Wildman–Crippen MR) is 104 cm³/mol. The molecule has 0 amide bonds. The van der Waals surface area contributed by atoms with Crippen LogP contribution in [0.5, 0.6) is 0 Å². The molecule has 0 saturated carbocycles. The lowest BCUT2D eigenvalue weighted by Crippen LogP contribution is -2.43. The Kier molecular flexibility index (Phi) is 7.39. The molecule has 0 saturated heterocycles. The number of Topliss-reactive ketones (excluding diaryl/α,β-unsaturated/α-hetero) is 1. The molecule has 0 aliphatic rings. The van der Waals surface area contributed by atoms with E-state index in [-0.39, 0.29) is 11.8 Å². The molecule has 1 rings (SSSR count). The number of esters is 1. The van der Waals surface area contributed by atoms with E-state index in [2.05, 4.69) is 42.2 Å². The van der Waals surface area contributed by atoms with Crippen LogP contribution in [-0.4, -0.2) is 47.8 Å². The summed E-state index contributed by atoms with van der Waals surface area (Å²) in [6, 6.07) is 10.3. The van der Waals surface area contributed by atoms with Gasteiger partial charge in [-0.25, -0.2) is 0 Å². The largest absolute Gasteiger partial charge is 0.459 e. The Bertz CT molecular complexity index is 594. The van der Waals surface area contributed by atoms with Gasteiger partial charge in [0.15, 0.2) is 0 Å². The molecule has 1 aromatic rings. The van der Waals surface area contributed by atoms with E-state index in [0.717, 1.165) is 17.6 Å². The zero-order valence-corrected chi connectivity index (χ0v) is 17.9. The van der Waals surface area contributed by atoms with E-state index in [1.807, 2.05) is 32.0 Å². The van der Waals surface area contributed by atoms with E-state index in [9.17, 15) is 9.59 Å². The van der Waals surface area contributed by atoms with Crippen LogP contribution >= 0.6 is 15.9 Å². The van der Waals surface area contributed by atoms with E-state index < -0.39 is 9.74 Å². The standard InChI is InChI=1S/C20H31BrNO3/c1-16(23)19(2,3)15-20(4,21)18(24)25-13-12-22(5,6)14-17-10-8-7-9-11-17/h7-11H,12-15H2,1-6H3/q+1. The molecule has 5 heteroatoms. The molecule has 4 nitrogen and oxygen atoms in total. The van der Waals surface area contributed by atoms with Crippen LogP contribution < -0.4 is 0 Å². The van der Waals surface area contributed by atoms with Crippen molar-refractivity contribution in [3.05, 3.63) is 35.9 Å². The highest BCUT2D eigenvalue weighted by molar-refractivity contribution is 9.10. The van der Waals surface area contributed by atoms with E-state index in [0.29, 0.717) is 13.0 Å². The van der Waals surface area contributed by atoms with Crippen molar-refractivity contribution in [2.24, 2.45) is 5.41 Å². The van der Waals surface area contributed by atoms with Gasteiger partial charge in [0.25, 0.3) is 0 Å². The normalized spacial score (nSPS) is 14.7. The number of alkyl halides is 1. The van der Waals surface area contributed by atoms with Crippen LogP contribution in [0.1, 0.15) is 39.7 Å². The van der Waals surface area contributed by atoms with Crippen LogP contribution in [0.25, 0.3) is 0 Å². The highest BCUT2D eigenvalue weighted by Gasteiger charge is 2.40. The Morgan fingerprint density at radius 3 is 2.20 bits per heavy atom. The molecular formula is C20H31BrNO3+. The van der Waals surface area contributed by atoms with Gasteiger partial charge in [-0.15, -0.1) is 0 Å². The van der Waals surface area contributed by atoms with Crippen molar-refractivity contribution in [2.75, 3.05) is 27.2 Å². The number of hydrogen-bond donors (Lipinski definition) is 0. The minimum atomic E-state index is -0.862. The Hall–Kier alpha value is -1.20. The van der Waals surface area contributed by atoms with Crippen molar-refractivity contribution in [1.82, 2.24) is 0 Å². The number of ketones is 1. The highest BCUT2D eigenvalue weighted by atomic mass is 79.9. The summed E-state index contributed by atoms with van der Waals surface area (Å²) in [4.78, 5) is 24.1. The zero-order chi connectivity index (χ0) is 19.3. The molecule has 0 radical (unpaired) electrons. The van der Waals surface area contributed by atoms with E-state index in [1.54, 1.807) is 13.8 Å². The van der Waals surface area contributed by atoms with Crippen LogP contribution in [0.3, 0.4) is 0 Å². The average Bonchev–Trinajstić information content (AvgIpc) is 2.46. The van der Waals surface area contributed by atoms with Crippen LogP contribution in [0.4, 0.5) is 0 Å². The molecule has 0 fully saturated rings. The second kappa shape index (κ2) is 8.45. The first-order valence-electron chi connectivity index (χ1n) is 8.59. The summed E-state index contributed by atoms with van der Waals surface area (Å²) in [6.45, 7) is 8.97. The Balaban J connectivity index is 2.53. The van der Waals surface area contributed by atoms with E-state index in [4.69, 9.17) is 4.74 Å². The van der Waals surface area contributed by atoms with Gasteiger partial charge in [-0.2, -0.15) is 0 Å². The summed E-state index contributed by atoms with van der Waals surface area (Å²) in [7, 11) is 4.24. The molecule has 0 aliphatic carbocycles. The Morgan fingerprint density at radius 1 is 1.12 bits per heavy atom. The van der Waals surface area contributed by atoms with Crippen LogP contribution in [-0.2, 0) is 20.9 Å². The molecule has 1 unspecified atom stereocenters. The fourth-order valence-electron chi connectivity index (χ4n) is 2.72. The fourth-order valence-corrected chi connectivity index (χ4v) is 3.53. The van der Waals surface area contributed by atoms with Gasteiger partial charge in [0, 0.05) is 11.0 Å². The molecule has 1 atom stereocenters. The topological polar surface area (TPSA) is 43.4 Å². The number of quaternary nitrogens is 1. The quantitative estimate of drug-likeness (QED) is 0.350. The van der Waals surface area contributed by atoms with Crippen molar-refractivity contribution >= 4 is 27.7 Å². The molecular weight excluding hydrogens is 382 g/mol. The van der Waals surface area contributed by atoms with Gasteiger partial charge >= 0.3 is 5.97 Å². The summed E-state index contributed by atoms with van der Waals surface area (Å²) in [5.74, 6) is -0.256. The predicted octanol–water partition coefficient (Wildman–Crippen LogP) is 3.97. The van der Waals surface area contributed by atoms with Crippen molar-refractivity contribution in [3.8, 4) is 0 Å². The monoisotopic (exact) mass is 412 g/mol. The number of ether oxygens (including phenoxy) is 1. The van der Waals surface area contributed by atoms with E-state index in [1.165, 1.54) is 5.56 Å². The lowest BCUT2D eigenvalue weighted by Gasteiger charge is -2.32. The van der Waals surface area contributed by atoms with Gasteiger partial charge < -0.3 is 9.22 Å². The third-order valence-electron chi connectivity index (χ3n) is 4.54. The van der Waals surface area contributed by atoms with Gasteiger partial charge in [0.05, 0.1) is 14.1 Å². The Morgan fingerprint density at radius 2 is 1.68 bits per heavy atom. The van der Waals surface area contributed by atoms with Crippen molar-refractivity contribution in [3.63, 3.8) is 0 Å². The van der Waals surface area contributed by atoms with Crippen molar-refractivity contribution in [2.45, 2.75) is 45.0 Å². The van der Waals surface area contributed by atoms with Crippen molar-refractivity contribution in [1.29, 1.82) is 0 Å². The summed E-state index contributed by atoms with van der Waals surface area (Å²) < 4.78 is 5.36. The number of likely N-dealkylation sites (N-methyl/N-ethyl adjacent to an activating group) is 1. The summed E-state index contributed by atoms with van der Waals surface area (Å²) in [5, 5.41) is 0. The molecule has 0 spiro atoms. The van der Waals surface area contributed by atoms with Crippen LogP contribution in [0.2, 0.25) is 0 Å². The third-order valence-corrected chi connectivity index (χ3v) is 5.14. The molecule has 0 aliphatic heterocycles. The number of halogens is 1. The molecule has 0 N–H and O–H groups in total. The first kappa shape index (κ1) is 21.8. The van der Waals surface area contributed by atoms with Gasteiger partial charge in [0.1, 0.15) is 29.8 Å². The maximum atomic E-state index is 12.4. The van der Waals surface area contributed by atoms with Gasteiger partial charge in [-0.1, -0.05) is 60.1 Å². The lowest BCUT2D eigenvalue weighted by atomic mass is 9.80. The third kappa shape index (κ3) is 7.28. The van der Waals surface area contributed by atoms with E-state index >= 15 is 0 Å². The number of carbonyl (C=O) groups excluding carboxylic acids is 2. The summed E-state index contributed by atoms with van der Waals surface area (Å²) in [5.41, 5.74) is 0.687. The van der Waals surface area contributed by atoms with Gasteiger partial charge in [-0.3, -0.25) is 9.59 Å². The molecule has 1 aromatic carbocycles. The first-order chi connectivity index (χ1) is 11.4. The second-order valence-corrected chi connectivity index (χ2v) is 10.0. The summed E-state index contributed by atoms with van der Waals surface area (Å²) in [6.07, 6.45) is 0.399. The second-order valence-electron chi connectivity index (χ2n) is 8.25. The minimum Gasteiger partial charge on any atom is -0.459 e. The molecule has 0 heterocycles. The first-order valence-corrected chi connectivity index (χ1v) is 9.38. The number of rotatable bonds is 9. The lowest BCUT2D eigenvalue weighted by molar-refractivity contribution is -0.903. The Labute approximate surface area is 160 Å². The molecule has 140 valence electrons. The number of hydrogen-bond acceptors (Lipinski definition) is 3. The SMILES string of the molecule is CC(=O)C(C)(C)CC(C)(Br)C(=O)OCC[N+](C)(C)Cc1ccccc1. The fraction of sp³-hybridized carbons (Fsp3) is 0.600. The van der Waals surface area contributed by atoms with Crippen molar-refractivity contribution < 1.29 is 18.8 Å². The molecule has 0 bridgehead atoms. The number of benzene rings is 1. The number of carbonyl (C=O) groups is 2. The van der Waals surface area contributed by atoms with Gasteiger partial charge in [-0.05, 0) is 20.3 Å². The van der Waals surface area contributed by atoms with Gasteiger partial charge in [0.2, 0.25) is 0 Å². The maximum absolute atomic E-state index is 12.4. The molecule has 0 aromatic heterocycles. The smallest absolute Gasteiger partial charge is 0.322 e. The number of nitrogens with zero attached hydrogens (tertiary/aromatic N) is 1. The minimum absolute atomic E-state index is 0.0617. The molecule has 25 heavy (non-hydrogen) atoms.